The van der Waals surface area contributed by atoms with E-state index in [2.05, 4.69) is 6.07 Å². The lowest BCUT2D eigenvalue weighted by Gasteiger charge is -2.21. The van der Waals surface area contributed by atoms with Crippen molar-refractivity contribution in [2.24, 2.45) is 5.92 Å². The zero-order chi connectivity index (χ0) is 7.56. The summed E-state index contributed by atoms with van der Waals surface area (Å²) in [5.74, 6) is -0.850. The third-order valence-corrected chi connectivity index (χ3v) is 1.53. The molecule has 10 heavy (non-hydrogen) atoms. The number of nitriles is 1. The Hall–Kier alpha value is -1.30. The van der Waals surface area contributed by atoms with E-state index in [0.29, 0.717) is 12.8 Å². The molecule has 0 saturated heterocycles. The Kier molecular flexibility index (Phi) is 1.72. The lowest BCUT2D eigenvalue weighted by molar-refractivity contribution is -0.131. The van der Waals surface area contributed by atoms with E-state index in [1.165, 1.54) is 6.08 Å². The first-order valence-electron chi connectivity index (χ1n) is 3.04. The average molecular weight is 137 g/mol. The molecule has 52 valence electrons. The Morgan fingerprint density at radius 2 is 2.40 bits per heavy atom. The maximum atomic E-state index is 10.0. The first-order chi connectivity index (χ1) is 4.72. The van der Waals surface area contributed by atoms with Gasteiger partial charge in [-0.25, -0.2) is 4.79 Å². The van der Waals surface area contributed by atoms with E-state index in [-0.39, 0.29) is 5.92 Å². The fourth-order valence-electron chi connectivity index (χ4n) is 0.957. The summed E-state index contributed by atoms with van der Waals surface area (Å²) in [4.78, 5) is 10.0. The van der Waals surface area contributed by atoms with Crippen molar-refractivity contribution in [3.8, 4) is 6.07 Å². The summed E-state index contributed by atoms with van der Waals surface area (Å²) < 4.78 is 0. The Morgan fingerprint density at radius 3 is 2.80 bits per heavy atom. The number of rotatable bonds is 1. The van der Waals surface area contributed by atoms with Crippen molar-refractivity contribution < 1.29 is 9.90 Å². The van der Waals surface area contributed by atoms with E-state index >= 15 is 0 Å². The van der Waals surface area contributed by atoms with Crippen LogP contribution in [-0.2, 0) is 4.79 Å². The van der Waals surface area contributed by atoms with Gasteiger partial charge in [-0.05, 0) is 12.8 Å². The second kappa shape index (κ2) is 2.53. The smallest absolute Gasteiger partial charge is 0.328 e. The molecule has 0 spiro atoms. The van der Waals surface area contributed by atoms with Crippen molar-refractivity contribution in [1.82, 2.24) is 0 Å². The van der Waals surface area contributed by atoms with Gasteiger partial charge in [0.1, 0.15) is 0 Å². The highest BCUT2D eigenvalue weighted by Gasteiger charge is 2.22. The van der Waals surface area contributed by atoms with Crippen LogP contribution in [0.25, 0.3) is 0 Å². The van der Waals surface area contributed by atoms with Gasteiger partial charge in [0, 0.05) is 6.08 Å². The van der Waals surface area contributed by atoms with Crippen LogP contribution < -0.4 is 0 Å². The first-order valence-corrected chi connectivity index (χ1v) is 3.04. The molecule has 0 amide bonds. The predicted octanol–water partition coefficient (Wildman–Crippen LogP) is 0.931. The van der Waals surface area contributed by atoms with Gasteiger partial charge in [-0.2, -0.15) is 5.26 Å². The molecule has 0 aromatic rings. The maximum Gasteiger partial charge on any atom is 0.328 e. The largest absolute Gasteiger partial charge is 0.478 e. The highest BCUT2D eigenvalue weighted by molar-refractivity contribution is 5.81. The zero-order valence-corrected chi connectivity index (χ0v) is 5.37. The molecule has 3 heteroatoms. The fourth-order valence-corrected chi connectivity index (χ4v) is 0.957. The second-order valence-electron chi connectivity index (χ2n) is 2.38. The number of hydrogen-bond donors (Lipinski definition) is 1. The van der Waals surface area contributed by atoms with Crippen molar-refractivity contribution in [3.63, 3.8) is 0 Å². The minimum Gasteiger partial charge on any atom is -0.478 e. The highest BCUT2D eigenvalue weighted by atomic mass is 16.4. The van der Waals surface area contributed by atoms with Crippen LogP contribution in [0.15, 0.2) is 11.6 Å². The standard InChI is InChI=1S/C7H7NO2/c8-4-6-1-5(2-6)3-7(9)10/h3,6H,1-2H2,(H,9,10). The molecule has 0 unspecified atom stereocenters. The van der Waals surface area contributed by atoms with Gasteiger partial charge in [0.05, 0.1) is 12.0 Å². The summed E-state index contributed by atoms with van der Waals surface area (Å²) in [6.07, 6.45) is 2.47. The number of carboxylic acids is 1. The average Bonchev–Trinajstić information content (AvgIpc) is 1.76. The molecule has 0 bridgehead atoms. The molecule has 0 aromatic carbocycles. The molecule has 3 nitrogen and oxygen atoms in total. The van der Waals surface area contributed by atoms with Gasteiger partial charge in [-0.3, -0.25) is 0 Å². The van der Waals surface area contributed by atoms with E-state index in [4.69, 9.17) is 10.4 Å². The maximum absolute atomic E-state index is 10.0. The van der Waals surface area contributed by atoms with Crippen LogP contribution in [0.2, 0.25) is 0 Å². The first kappa shape index (κ1) is 6.81. The molecule has 0 heterocycles. The topological polar surface area (TPSA) is 61.1 Å². The van der Waals surface area contributed by atoms with Crippen LogP contribution >= 0.6 is 0 Å². The Bertz CT molecular complexity index is 216. The number of hydrogen-bond acceptors (Lipinski definition) is 2. The van der Waals surface area contributed by atoms with E-state index < -0.39 is 5.97 Å². The summed E-state index contributed by atoms with van der Waals surface area (Å²) in [5.41, 5.74) is 0.874. The van der Waals surface area contributed by atoms with Crippen LogP contribution in [0.1, 0.15) is 12.8 Å². The molecule has 1 rings (SSSR count). The van der Waals surface area contributed by atoms with E-state index in [0.717, 1.165) is 5.57 Å². The second-order valence-corrected chi connectivity index (χ2v) is 2.38. The summed E-state index contributed by atoms with van der Waals surface area (Å²) >= 11 is 0. The molecular weight excluding hydrogens is 130 g/mol. The van der Waals surface area contributed by atoms with Gasteiger partial charge in [0.2, 0.25) is 0 Å². The van der Waals surface area contributed by atoms with Crippen LogP contribution in [0.5, 0.6) is 0 Å². The van der Waals surface area contributed by atoms with E-state index in [1.807, 2.05) is 0 Å². The van der Waals surface area contributed by atoms with Crippen molar-refractivity contribution >= 4 is 5.97 Å². The van der Waals surface area contributed by atoms with Crippen LogP contribution in [0.3, 0.4) is 0 Å². The van der Waals surface area contributed by atoms with E-state index in [9.17, 15) is 4.79 Å². The monoisotopic (exact) mass is 137 g/mol. The van der Waals surface area contributed by atoms with Crippen molar-refractivity contribution in [1.29, 1.82) is 5.26 Å². The molecule has 1 N–H and O–H groups in total. The van der Waals surface area contributed by atoms with Gasteiger partial charge < -0.3 is 5.11 Å². The molecular formula is C7H7NO2. The zero-order valence-electron chi connectivity index (χ0n) is 5.37. The predicted molar refractivity (Wildman–Crippen MR) is 34.1 cm³/mol. The molecule has 1 saturated carbocycles. The van der Waals surface area contributed by atoms with Crippen LogP contribution in [0, 0.1) is 17.2 Å². The molecule has 1 fully saturated rings. The van der Waals surface area contributed by atoms with Crippen LogP contribution in [0.4, 0.5) is 0 Å². The molecule has 0 aliphatic heterocycles. The third kappa shape index (κ3) is 1.35. The molecule has 0 aromatic heterocycles. The van der Waals surface area contributed by atoms with Crippen molar-refractivity contribution in [2.75, 3.05) is 0 Å². The number of allylic oxidation sites excluding steroid dienone is 1. The summed E-state index contributed by atoms with van der Waals surface area (Å²) in [6, 6.07) is 2.07. The molecule has 0 atom stereocenters. The number of aliphatic carboxylic acids is 1. The summed E-state index contributed by atoms with van der Waals surface area (Å²) in [6.45, 7) is 0. The Labute approximate surface area is 58.6 Å². The fraction of sp³-hybridized carbons (Fsp3) is 0.429. The lowest BCUT2D eigenvalue weighted by atomic mass is 9.81. The van der Waals surface area contributed by atoms with Crippen LogP contribution in [-0.4, -0.2) is 11.1 Å². The summed E-state index contributed by atoms with van der Waals surface area (Å²) in [7, 11) is 0. The Morgan fingerprint density at radius 1 is 1.80 bits per heavy atom. The van der Waals surface area contributed by atoms with Crippen molar-refractivity contribution in [3.05, 3.63) is 11.6 Å². The van der Waals surface area contributed by atoms with Gasteiger partial charge in [0.25, 0.3) is 0 Å². The minimum atomic E-state index is -0.911. The molecule has 0 radical (unpaired) electrons. The summed E-state index contributed by atoms with van der Waals surface area (Å²) in [5, 5.41) is 16.6. The highest BCUT2D eigenvalue weighted by Crippen LogP contribution is 2.31. The number of carboxylic acid groups (broad SMARTS) is 1. The van der Waals surface area contributed by atoms with Crippen molar-refractivity contribution in [2.45, 2.75) is 12.8 Å². The third-order valence-electron chi connectivity index (χ3n) is 1.53. The van der Waals surface area contributed by atoms with Gasteiger partial charge in [0.15, 0.2) is 0 Å². The van der Waals surface area contributed by atoms with Gasteiger partial charge in [-0.1, -0.05) is 5.57 Å². The van der Waals surface area contributed by atoms with Gasteiger partial charge >= 0.3 is 5.97 Å². The molecule has 1 aliphatic carbocycles. The SMILES string of the molecule is N#CC1CC(=CC(=O)O)C1. The minimum absolute atomic E-state index is 0.0607. The normalized spacial score (nSPS) is 22.7. The van der Waals surface area contributed by atoms with E-state index in [1.54, 1.807) is 0 Å². The Balaban J connectivity index is 2.40. The van der Waals surface area contributed by atoms with Gasteiger partial charge in [-0.15, -0.1) is 0 Å². The lowest BCUT2D eigenvalue weighted by Crippen LogP contribution is -2.13. The number of carbonyl (C=O) groups is 1. The number of nitrogens with zero attached hydrogens (tertiary/aromatic N) is 1. The molecule has 1 aliphatic rings. The quantitative estimate of drug-likeness (QED) is 0.547.